The van der Waals surface area contributed by atoms with Gasteiger partial charge in [-0.05, 0) is 25.0 Å². The maximum absolute atomic E-state index is 12.7. The zero-order chi connectivity index (χ0) is 18.5. The topological polar surface area (TPSA) is 29.1 Å². The van der Waals surface area contributed by atoms with Crippen molar-refractivity contribution in [3.8, 4) is 0 Å². The summed E-state index contributed by atoms with van der Waals surface area (Å²) in [5.74, 6) is 0.0802. The Morgan fingerprint density at radius 3 is 2.04 bits per heavy atom. The molecule has 140 valence electrons. The van der Waals surface area contributed by atoms with E-state index in [1.165, 1.54) is 44.9 Å². The molecule has 0 aliphatic carbocycles. The van der Waals surface area contributed by atoms with Crippen LogP contribution in [0.4, 0.5) is 5.69 Å². The van der Waals surface area contributed by atoms with Crippen LogP contribution in [-0.4, -0.2) is 14.0 Å². The first-order valence-corrected chi connectivity index (χ1v) is 13.6. The van der Waals surface area contributed by atoms with E-state index >= 15 is 0 Å². The standard InChI is InChI=1S/C22H37NOSi/c1-5-6-7-8-9-10-11-13-16-20(19-25(2,3)4)22(24)23-21-17-14-12-15-18-21/h12,14-15,17-19H,5-11,13,16H2,1-4H3,(H,23,24)/b20-19+. The quantitative estimate of drug-likeness (QED) is 0.244. The van der Waals surface area contributed by atoms with Crippen molar-refractivity contribution in [2.75, 3.05) is 5.32 Å². The minimum absolute atomic E-state index is 0.0802. The van der Waals surface area contributed by atoms with Crippen molar-refractivity contribution in [3.05, 3.63) is 41.6 Å². The molecule has 0 unspecified atom stereocenters. The number of nitrogens with one attached hydrogen (secondary N) is 1. The Bertz CT molecular complexity index is 517. The first-order valence-electron chi connectivity index (χ1n) is 10.0. The van der Waals surface area contributed by atoms with Crippen LogP contribution < -0.4 is 5.32 Å². The molecule has 0 radical (unpaired) electrons. The molecule has 0 atom stereocenters. The van der Waals surface area contributed by atoms with E-state index < -0.39 is 8.07 Å². The van der Waals surface area contributed by atoms with E-state index in [0.717, 1.165) is 24.1 Å². The lowest BCUT2D eigenvalue weighted by atomic mass is 10.0. The molecular weight excluding hydrogens is 322 g/mol. The van der Waals surface area contributed by atoms with E-state index in [4.69, 9.17) is 0 Å². The normalized spacial score (nSPS) is 12.2. The Morgan fingerprint density at radius 1 is 0.920 bits per heavy atom. The van der Waals surface area contributed by atoms with Crippen molar-refractivity contribution >= 4 is 19.7 Å². The minimum Gasteiger partial charge on any atom is -0.322 e. The van der Waals surface area contributed by atoms with Crippen LogP contribution in [0.2, 0.25) is 19.6 Å². The predicted octanol–water partition coefficient (Wildman–Crippen LogP) is 6.96. The monoisotopic (exact) mass is 359 g/mol. The number of carbonyl (C=O) groups excluding carboxylic acids is 1. The van der Waals surface area contributed by atoms with Gasteiger partial charge in [0.1, 0.15) is 0 Å². The number of unbranched alkanes of at least 4 members (excludes halogenated alkanes) is 7. The third-order valence-corrected chi connectivity index (χ3v) is 5.44. The van der Waals surface area contributed by atoms with Gasteiger partial charge in [0.25, 0.3) is 5.91 Å². The molecule has 0 saturated heterocycles. The molecule has 0 aromatic heterocycles. The average molecular weight is 360 g/mol. The Kier molecular flexibility index (Phi) is 10.5. The van der Waals surface area contributed by atoms with E-state index in [1.807, 2.05) is 30.3 Å². The van der Waals surface area contributed by atoms with Gasteiger partial charge >= 0.3 is 0 Å². The predicted molar refractivity (Wildman–Crippen MR) is 114 cm³/mol. The Hall–Kier alpha value is -1.35. The second-order valence-electron chi connectivity index (χ2n) is 8.08. The van der Waals surface area contributed by atoms with Crippen LogP contribution in [0.3, 0.4) is 0 Å². The molecular formula is C22H37NOSi. The summed E-state index contributed by atoms with van der Waals surface area (Å²) in [6, 6.07) is 9.77. The van der Waals surface area contributed by atoms with E-state index in [9.17, 15) is 4.79 Å². The number of benzene rings is 1. The van der Waals surface area contributed by atoms with Crippen LogP contribution in [0.15, 0.2) is 41.6 Å². The molecule has 0 heterocycles. The summed E-state index contributed by atoms with van der Waals surface area (Å²) in [6.07, 6.45) is 11.3. The van der Waals surface area contributed by atoms with E-state index in [0.29, 0.717) is 0 Å². The summed E-state index contributed by atoms with van der Waals surface area (Å²) in [7, 11) is -1.41. The molecule has 1 rings (SSSR count). The van der Waals surface area contributed by atoms with Gasteiger partial charge in [0.15, 0.2) is 0 Å². The summed E-state index contributed by atoms with van der Waals surface area (Å²) in [6.45, 7) is 9.12. The highest BCUT2D eigenvalue weighted by Crippen LogP contribution is 2.18. The summed E-state index contributed by atoms with van der Waals surface area (Å²) >= 11 is 0. The average Bonchev–Trinajstić information content (AvgIpc) is 2.56. The van der Waals surface area contributed by atoms with Gasteiger partial charge in [-0.3, -0.25) is 4.79 Å². The number of rotatable bonds is 12. The maximum Gasteiger partial charge on any atom is 0.250 e. The number of para-hydroxylation sites is 1. The van der Waals surface area contributed by atoms with E-state index in [1.54, 1.807) is 0 Å². The van der Waals surface area contributed by atoms with Crippen LogP contribution in [0.1, 0.15) is 64.7 Å². The molecule has 1 aromatic carbocycles. The van der Waals surface area contributed by atoms with Crippen molar-refractivity contribution in [3.63, 3.8) is 0 Å². The van der Waals surface area contributed by atoms with Gasteiger partial charge in [-0.15, -0.1) is 0 Å². The van der Waals surface area contributed by atoms with Crippen LogP contribution in [0.5, 0.6) is 0 Å². The molecule has 3 heteroatoms. The molecule has 0 saturated carbocycles. The molecule has 1 N–H and O–H groups in total. The van der Waals surface area contributed by atoms with E-state index in [2.05, 4.69) is 37.6 Å². The smallest absolute Gasteiger partial charge is 0.250 e. The zero-order valence-corrected chi connectivity index (χ0v) is 17.7. The molecule has 2 nitrogen and oxygen atoms in total. The zero-order valence-electron chi connectivity index (χ0n) is 16.7. The third kappa shape index (κ3) is 11.0. The first kappa shape index (κ1) is 21.7. The Balaban J connectivity index is 2.46. The highest BCUT2D eigenvalue weighted by Gasteiger charge is 2.16. The second-order valence-corrected chi connectivity index (χ2v) is 13.1. The molecule has 0 aliphatic rings. The minimum atomic E-state index is -1.41. The summed E-state index contributed by atoms with van der Waals surface area (Å²) < 4.78 is 0. The van der Waals surface area contributed by atoms with E-state index in [-0.39, 0.29) is 5.91 Å². The van der Waals surface area contributed by atoms with Crippen LogP contribution >= 0.6 is 0 Å². The summed E-state index contributed by atoms with van der Waals surface area (Å²) in [5, 5.41) is 3.05. The maximum atomic E-state index is 12.7. The van der Waals surface area contributed by atoms with Crippen molar-refractivity contribution in [2.24, 2.45) is 0 Å². The molecule has 25 heavy (non-hydrogen) atoms. The van der Waals surface area contributed by atoms with Crippen molar-refractivity contribution in [2.45, 2.75) is 84.4 Å². The van der Waals surface area contributed by atoms with Gasteiger partial charge in [0.05, 0.1) is 8.07 Å². The molecule has 0 spiro atoms. The highest BCUT2D eigenvalue weighted by molar-refractivity contribution is 6.81. The van der Waals surface area contributed by atoms with Crippen LogP contribution in [-0.2, 0) is 4.79 Å². The third-order valence-electron chi connectivity index (χ3n) is 4.23. The fourth-order valence-electron chi connectivity index (χ4n) is 2.96. The number of hydrogen-bond acceptors (Lipinski definition) is 1. The van der Waals surface area contributed by atoms with Crippen LogP contribution in [0, 0.1) is 0 Å². The number of amides is 1. The first-order chi connectivity index (χ1) is 11.9. The van der Waals surface area contributed by atoms with Crippen molar-refractivity contribution in [1.29, 1.82) is 0 Å². The SMILES string of the molecule is CCCCCCCCCC/C(=C\[Si](C)(C)C)C(=O)Nc1ccccc1. The fraction of sp³-hybridized carbons (Fsp3) is 0.591. The number of hydrogen-bond donors (Lipinski definition) is 1. The summed E-state index contributed by atoms with van der Waals surface area (Å²) in [5.41, 5.74) is 4.13. The van der Waals surface area contributed by atoms with Gasteiger partial charge < -0.3 is 5.32 Å². The van der Waals surface area contributed by atoms with Crippen molar-refractivity contribution < 1.29 is 4.79 Å². The van der Waals surface area contributed by atoms with Gasteiger partial charge in [0.2, 0.25) is 0 Å². The number of carbonyl (C=O) groups is 1. The molecule has 1 aromatic rings. The molecule has 0 bridgehead atoms. The molecule has 0 fully saturated rings. The summed E-state index contributed by atoms with van der Waals surface area (Å²) in [4.78, 5) is 12.7. The lowest BCUT2D eigenvalue weighted by Gasteiger charge is -2.15. The van der Waals surface area contributed by atoms with Gasteiger partial charge in [-0.2, -0.15) is 0 Å². The Morgan fingerprint density at radius 2 is 1.48 bits per heavy atom. The largest absolute Gasteiger partial charge is 0.322 e. The lowest BCUT2D eigenvalue weighted by Crippen LogP contribution is -2.22. The fourth-order valence-corrected chi connectivity index (χ4v) is 4.28. The molecule has 0 aliphatic heterocycles. The molecule has 1 amide bonds. The Labute approximate surface area is 156 Å². The van der Waals surface area contributed by atoms with Gasteiger partial charge in [-0.25, -0.2) is 0 Å². The van der Waals surface area contributed by atoms with Crippen molar-refractivity contribution in [1.82, 2.24) is 0 Å². The number of anilines is 1. The highest BCUT2D eigenvalue weighted by atomic mass is 28.3. The second kappa shape index (κ2) is 12.1. The van der Waals surface area contributed by atoms with Gasteiger partial charge in [0, 0.05) is 11.3 Å². The van der Waals surface area contributed by atoms with Gasteiger partial charge in [-0.1, -0.05) is 95.4 Å². The lowest BCUT2D eigenvalue weighted by molar-refractivity contribution is -0.113. The van der Waals surface area contributed by atoms with Crippen LogP contribution in [0.25, 0.3) is 0 Å².